The molecule has 142 valence electrons. The van der Waals surface area contributed by atoms with E-state index in [1.165, 1.54) is 6.42 Å². The first-order chi connectivity index (χ1) is 12.1. The van der Waals surface area contributed by atoms with E-state index in [1.807, 2.05) is 47.7 Å². The van der Waals surface area contributed by atoms with Crippen LogP contribution in [0.15, 0.2) is 16.9 Å². The second-order valence-corrected chi connectivity index (χ2v) is 10.4. The van der Waals surface area contributed by atoms with Crippen molar-refractivity contribution in [2.45, 2.75) is 70.6 Å². The number of nitrogens with one attached hydrogen (secondary N) is 1. The van der Waals surface area contributed by atoms with E-state index < -0.39 is 11.4 Å². The van der Waals surface area contributed by atoms with Crippen LogP contribution >= 0.6 is 0 Å². The maximum absolute atomic E-state index is 12.9. The highest BCUT2D eigenvalue weighted by atomic mass is 32.2. The van der Waals surface area contributed by atoms with Crippen molar-refractivity contribution in [2.75, 3.05) is 0 Å². The Labute approximate surface area is 158 Å². The first kappa shape index (κ1) is 19.4. The Kier molecular flexibility index (Phi) is 5.21. The number of aryl methyl sites for hydroxylation is 1. The van der Waals surface area contributed by atoms with Gasteiger partial charge in [-0.3, -0.25) is 9.36 Å². The zero-order valence-corrected chi connectivity index (χ0v) is 17.4. The number of aromatic nitrogens is 2. The fourth-order valence-corrected chi connectivity index (χ4v) is 4.13. The lowest BCUT2D eigenvalue weighted by atomic mass is 9.84. The molecule has 0 radical (unpaired) electrons. The van der Waals surface area contributed by atoms with E-state index in [2.05, 4.69) is 10.8 Å². The molecule has 0 spiro atoms. The molecule has 1 aliphatic carbocycles. The highest BCUT2D eigenvalue weighted by molar-refractivity contribution is 7.90. The average Bonchev–Trinajstić information content (AvgIpc) is 2.49. The zero-order chi connectivity index (χ0) is 19.2. The number of nitrogens with zero attached hydrogens (tertiary/aromatic N) is 2. The molecular formula is C20H29N3O2S. The number of hydrogen-bond acceptors (Lipinski definition) is 4. The molecule has 1 aromatic carbocycles. The van der Waals surface area contributed by atoms with Gasteiger partial charge in [-0.15, -0.1) is 4.72 Å². The van der Waals surface area contributed by atoms with E-state index in [0.717, 1.165) is 35.3 Å². The van der Waals surface area contributed by atoms with Gasteiger partial charge in [0, 0.05) is 29.9 Å². The van der Waals surface area contributed by atoms with Gasteiger partial charge in [-0.1, -0.05) is 12.5 Å². The zero-order valence-electron chi connectivity index (χ0n) is 16.5. The number of benzene rings is 1. The molecule has 2 unspecified atom stereocenters. The van der Waals surface area contributed by atoms with Gasteiger partial charge in [0.15, 0.2) is 0 Å². The van der Waals surface area contributed by atoms with Gasteiger partial charge in [-0.2, -0.15) is 0 Å². The molecular weight excluding hydrogens is 346 g/mol. The van der Waals surface area contributed by atoms with Crippen molar-refractivity contribution in [1.29, 1.82) is 0 Å². The van der Waals surface area contributed by atoms with Crippen molar-refractivity contribution < 1.29 is 4.55 Å². The summed E-state index contributed by atoms with van der Waals surface area (Å²) in [6, 6.07) is 3.80. The summed E-state index contributed by atoms with van der Waals surface area (Å²) < 4.78 is 17.1. The second-order valence-electron chi connectivity index (χ2n) is 8.43. The summed E-state index contributed by atoms with van der Waals surface area (Å²) in [6.45, 7) is 9.80. The van der Waals surface area contributed by atoms with Crippen LogP contribution in [0.4, 0.5) is 0 Å². The lowest BCUT2D eigenvalue weighted by Gasteiger charge is -2.28. The van der Waals surface area contributed by atoms with Gasteiger partial charge in [0.1, 0.15) is 10.6 Å². The molecule has 1 aromatic heterocycles. The molecule has 1 heterocycles. The smallest absolute Gasteiger partial charge is 0.261 e. The minimum atomic E-state index is -1.19. The standard InChI is InChI=1S/C20H29N3O2S/c1-12-10-15(13(2)22-26(25)20(3,4)5)17-16(11-12)19(24)23(6)18(21-17)14-8-7-9-14/h10-11,13-14,22H,7-9H2,1-6H3. The molecule has 0 saturated heterocycles. The Balaban J connectivity index is 2.12. The molecule has 1 saturated carbocycles. The van der Waals surface area contributed by atoms with Crippen molar-refractivity contribution in [3.8, 4) is 0 Å². The van der Waals surface area contributed by atoms with Crippen molar-refractivity contribution in [3.63, 3.8) is 0 Å². The summed E-state index contributed by atoms with van der Waals surface area (Å²) in [5.74, 6) is 1.25. The summed E-state index contributed by atoms with van der Waals surface area (Å²) in [6.07, 6.45) is 3.38. The van der Waals surface area contributed by atoms with Gasteiger partial charge in [-0.25, -0.2) is 4.98 Å². The van der Waals surface area contributed by atoms with E-state index in [9.17, 15) is 9.35 Å². The van der Waals surface area contributed by atoms with E-state index >= 15 is 0 Å². The fourth-order valence-electron chi connectivity index (χ4n) is 3.33. The van der Waals surface area contributed by atoms with Crippen molar-refractivity contribution in [2.24, 2.45) is 7.05 Å². The molecule has 2 atom stereocenters. The van der Waals surface area contributed by atoms with Gasteiger partial charge in [0.2, 0.25) is 0 Å². The van der Waals surface area contributed by atoms with Crippen LogP contribution in [0.2, 0.25) is 0 Å². The Morgan fingerprint density at radius 1 is 1.35 bits per heavy atom. The molecule has 1 N–H and O–H groups in total. The third-order valence-corrected chi connectivity index (χ3v) is 6.85. The Morgan fingerprint density at radius 3 is 2.54 bits per heavy atom. The third kappa shape index (κ3) is 3.55. The first-order valence-corrected chi connectivity index (χ1v) is 10.4. The molecule has 1 fully saturated rings. The fraction of sp³-hybridized carbons (Fsp3) is 0.600. The van der Waals surface area contributed by atoms with Crippen molar-refractivity contribution in [3.05, 3.63) is 39.4 Å². The van der Waals surface area contributed by atoms with Crippen LogP contribution in [-0.4, -0.2) is 18.9 Å². The van der Waals surface area contributed by atoms with E-state index in [4.69, 9.17) is 4.98 Å². The molecule has 2 aromatic rings. The maximum atomic E-state index is 12.9. The molecule has 26 heavy (non-hydrogen) atoms. The van der Waals surface area contributed by atoms with Crippen LogP contribution in [0.5, 0.6) is 0 Å². The maximum Gasteiger partial charge on any atom is 0.261 e. The molecule has 5 nitrogen and oxygen atoms in total. The quantitative estimate of drug-likeness (QED) is 0.829. The minimum Gasteiger partial charge on any atom is -0.598 e. The second kappa shape index (κ2) is 6.98. The van der Waals surface area contributed by atoms with Gasteiger partial charge in [-0.05, 0) is 59.1 Å². The number of hydrogen-bond donors (Lipinski definition) is 1. The van der Waals surface area contributed by atoms with Gasteiger partial charge < -0.3 is 4.55 Å². The Morgan fingerprint density at radius 2 is 2.00 bits per heavy atom. The van der Waals surface area contributed by atoms with E-state index in [-0.39, 0.29) is 16.3 Å². The molecule has 1 aliphatic rings. The summed E-state index contributed by atoms with van der Waals surface area (Å²) in [5.41, 5.74) is 2.70. The lowest BCUT2D eigenvalue weighted by Crippen LogP contribution is -2.40. The Hall–Kier alpha value is -1.37. The largest absolute Gasteiger partial charge is 0.598 e. The normalized spacial score (nSPS) is 18.0. The van der Waals surface area contributed by atoms with Gasteiger partial charge in [0.25, 0.3) is 5.56 Å². The van der Waals surface area contributed by atoms with Crippen molar-refractivity contribution in [1.82, 2.24) is 14.3 Å². The highest BCUT2D eigenvalue weighted by Gasteiger charge is 2.30. The molecule has 6 heteroatoms. The summed E-state index contributed by atoms with van der Waals surface area (Å²) in [7, 11) is 1.82. The molecule has 0 bridgehead atoms. The van der Waals surface area contributed by atoms with E-state index in [1.54, 1.807) is 4.57 Å². The van der Waals surface area contributed by atoms with Crippen LogP contribution in [0.3, 0.4) is 0 Å². The lowest BCUT2D eigenvalue weighted by molar-refractivity contribution is 0.388. The van der Waals surface area contributed by atoms with E-state index in [0.29, 0.717) is 11.3 Å². The summed E-state index contributed by atoms with van der Waals surface area (Å²) in [5, 5.41) is 0.640. The van der Waals surface area contributed by atoms with Gasteiger partial charge >= 0.3 is 0 Å². The SMILES string of the molecule is Cc1cc(C(C)N[S+]([O-])C(C)(C)C)c2nc(C3CCC3)n(C)c(=O)c2c1. The molecule has 0 amide bonds. The highest BCUT2D eigenvalue weighted by Crippen LogP contribution is 2.36. The van der Waals surface area contributed by atoms with Crippen LogP contribution in [0.25, 0.3) is 10.9 Å². The monoisotopic (exact) mass is 375 g/mol. The van der Waals surface area contributed by atoms with Crippen LogP contribution in [0.1, 0.15) is 75.9 Å². The van der Waals surface area contributed by atoms with Crippen molar-refractivity contribution >= 4 is 22.3 Å². The summed E-state index contributed by atoms with van der Waals surface area (Å²) in [4.78, 5) is 17.9. The molecule has 0 aliphatic heterocycles. The van der Waals surface area contributed by atoms with Gasteiger partial charge in [0.05, 0.1) is 16.9 Å². The third-order valence-electron chi connectivity index (χ3n) is 5.17. The predicted molar refractivity (Wildman–Crippen MR) is 108 cm³/mol. The summed E-state index contributed by atoms with van der Waals surface area (Å²) >= 11 is -1.19. The number of fused-ring (bicyclic) bond motifs is 1. The predicted octanol–water partition coefficient (Wildman–Crippen LogP) is 3.62. The van der Waals surface area contributed by atoms with Crippen LogP contribution in [0, 0.1) is 6.92 Å². The minimum absolute atomic E-state index is 0.00555. The van der Waals surface area contributed by atoms with Crippen LogP contribution < -0.4 is 10.3 Å². The number of rotatable bonds is 4. The topological polar surface area (TPSA) is 70.0 Å². The Bertz CT molecular complexity index is 881. The van der Waals surface area contributed by atoms with Crippen LogP contribution in [-0.2, 0) is 18.4 Å². The molecule has 3 rings (SSSR count). The first-order valence-electron chi connectivity index (χ1n) is 9.29. The average molecular weight is 376 g/mol.